The summed E-state index contributed by atoms with van der Waals surface area (Å²) in [6.07, 6.45) is 7.86. The van der Waals surface area contributed by atoms with Crippen LogP contribution in [-0.2, 0) is 4.74 Å². The topological polar surface area (TPSA) is 21.3 Å². The van der Waals surface area contributed by atoms with Gasteiger partial charge in [-0.15, -0.1) is 0 Å². The second-order valence-corrected chi connectivity index (χ2v) is 6.30. The molecule has 118 valence electrons. The number of methoxy groups -OCH3 is 1. The molecule has 0 radical (unpaired) electrons. The van der Waals surface area contributed by atoms with E-state index in [2.05, 4.69) is 49.5 Å². The molecular formula is C19H31NO. The van der Waals surface area contributed by atoms with E-state index in [1.165, 1.54) is 44.1 Å². The molecule has 1 aromatic carbocycles. The zero-order chi connectivity index (χ0) is 15.1. The lowest BCUT2D eigenvalue weighted by Crippen LogP contribution is -2.46. The summed E-state index contributed by atoms with van der Waals surface area (Å²) in [7, 11) is 1.86. The van der Waals surface area contributed by atoms with Crippen LogP contribution < -0.4 is 5.32 Å². The molecule has 21 heavy (non-hydrogen) atoms. The molecule has 0 aliphatic heterocycles. The summed E-state index contributed by atoms with van der Waals surface area (Å²) in [6, 6.07) is 11.9. The van der Waals surface area contributed by atoms with Crippen LogP contribution >= 0.6 is 0 Å². The molecule has 2 nitrogen and oxygen atoms in total. The van der Waals surface area contributed by atoms with Crippen LogP contribution in [0.25, 0.3) is 0 Å². The predicted octanol–water partition coefficient (Wildman–Crippen LogP) is 4.71. The summed E-state index contributed by atoms with van der Waals surface area (Å²) in [4.78, 5) is 0. The fraction of sp³-hybridized carbons (Fsp3) is 0.684. The molecule has 1 saturated carbocycles. The largest absolute Gasteiger partial charge is 0.380 e. The summed E-state index contributed by atoms with van der Waals surface area (Å²) >= 11 is 0. The summed E-state index contributed by atoms with van der Waals surface area (Å²) in [6.45, 7) is 4.61. The number of ether oxygens (including phenoxy) is 1. The Bertz CT molecular complexity index is 388. The van der Waals surface area contributed by atoms with E-state index >= 15 is 0 Å². The molecule has 1 aromatic rings. The lowest BCUT2D eigenvalue weighted by molar-refractivity contribution is 0.0340. The zero-order valence-corrected chi connectivity index (χ0v) is 13.8. The van der Waals surface area contributed by atoms with Gasteiger partial charge in [0.1, 0.15) is 0 Å². The molecule has 0 amide bonds. The van der Waals surface area contributed by atoms with Gasteiger partial charge in [0.05, 0.1) is 6.10 Å². The van der Waals surface area contributed by atoms with E-state index < -0.39 is 0 Å². The van der Waals surface area contributed by atoms with Crippen molar-refractivity contribution in [1.29, 1.82) is 0 Å². The minimum Gasteiger partial charge on any atom is -0.380 e. The second-order valence-electron chi connectivity index (χ2n) is 6.30. The highest BCUT2D eigenvalue weighted by Gasteiger charge is 2.29. The van der Waals surface area contributed by atoms with Crippen molar-refractivity contribution in [2.24, 2.45) is 5.92 Å². The molecular weight excluding hydrogens is 258 g/mol. The molecule has 0 bridgehead atoms. The highest BCUT2D eigenvalue weighted by atomic mass is 16.5. The summed E-state index contributed by atoms with van der Waals surface area (Å²) < 4.78 is 5.73. The number of nitrogens with one attached hydrogen (secondary N) is 1. The van der Waals surface area contributed by atoms with E-state index in [1.54, 1.807) is 0 Å². The fourth-order valence-electron chi connectivity index (χ4n) is 3.73. The van der Waals surface area contributed by atoms with Crippen molar-refractivity contribution >= 4 is 0 Å². The standard InChI is InChI=1S/C19H31NO/c1-4-15(5-2)19(16-11-7-6-8-12-16)20-17-13-9-10-14-18(17)21-3/h6-8,11-12,15,17-20H,4-5,9-10,13-14H2,1-3H3. The Kier molecular flexibility index (Phi) is 6.72. The smallest absolute Gasteiger partial charge is 0.0724 e. The van der Waals surface area contributed by atoms with Gasteiger partial charge in [-0.25, -0.2) is 0 Å². The number of rotatable bonds is 7. The van der Waals surface area contributed by atoms with Crippen molar-refractivity contribution in [3.05, 3.63) is 35.9 Å². The minimum atomic E-state index is 0.374. The SMILES string of the molecule is CCC(CC)C(NC1CCCCC1OC)c1ccccc1. The molecule has 0 spiro atoms. The van der Waals surface area contributed by atoms with Gasteiger partial charge >= 0.3 is 0 Å². The average molecular weight is 289 g/mol. The first kappa shape index (κ1) is 16.5. The van der Waals surface area contributed by atoms with E-state index in [0.717, 1.165) is 0 Å². The van der Waals surface area contributed by atoms with Crippen molar-refractivity contribution in [1.82, 2.24) is 5.32 Å². The van der Waals surface area contributed by atoms with Crippen LogP contribution in [0.4, 0.5) is 0 Å². The third-order valence-electron chi connectivity index (χ3n) is 5.08. The van der Waals surface area contributed by atoms with Crippen LogP contribution in [0.3, 0.4) is 0 Å². The van der Waals surface area contributed by atoms with E-state index in [0.29, 0.717) is 24.1 Å². The summed E-state index contributed by atoms with van der Waals surface area (Å²) in [5, 5.41) is 3.95. The van der Waals surface area contributed by atoms with E-state index in [1.807, 2.05) is 7.11 Å². The molecule has 1 aliphatic carbocycles. The van der Waals surface area contributed by atoms with Crippen LogP contribution in [0.2, 0.25) is 0 Å². The van der Waals surface area contributed by atoms with Crippen LogP contribution in [0.5, 0.6) is 0 Å². The maximum Gasteiger partial charge on any atom is 0.0724 e. The van der Waals surface area contributed by atoms with Gasteiger partial charge in [0.25, 0.3) is 0 Å². The van der Waals surface area contributed by atoms with Crippen LogP contribution in [0, 0.1) is 5.92 Å². The van der Waals surface area contributed by atoms with Gasteiger partial charge in [-0.05, 0) is 24.3 Å². The predicted molar refractivity (Wildman–Crippen MR) is 89.4 cm³/mol. The molecule has 0 aromatic heterocycles. The first-order valence-corrected chi connectivity index (χ1v) is 8.63. The lowest BCUT2D eigenvalue weighted by atomic mass is 9.85. The van der Waals surface area contributed by atoms with Gasteiger partial charge in [-0.2, -0.15) is 0 Å². The molecule has 0 heterocycles. The minimum absolute atomic E-state index is 0.374. The number of benzene rings is 1. The quantitative estimate of drug-likeness (QED) is 0.785. The van der Waals surface area contributed by atoms with Gasteiger partial charge in [0.2, 0.25) is 0 Å². The first-order chi connectivity index (χ1) is 10.3. The highest BCUT2D eigenvalue weighted by molar-refractivity contribution is 5.20. The highest BCUT2D eigenvalue weighted by Crippen LogP contribution is 2.30. The van der Waals surface area contributed by atoms with E-state index in [9.17, 15) is 0 Å². The van der Waals surface area contributed by atoms with Gasteiger partial charge in [0.15, 0.2) is 0 Å². The lowest BCUT2D eigenvalue weighted by Gasteiger charge is -2.37. The van der Waals surface area contributed by atoms with E-state index in [4.69, 9.17) is 4.74 Å². The Balaban J connectivity index is 2.15. The van der Waals surface area contributed by atoms with E-state index in [-0.39, 0.29) is 0 Å². The molecule has 1 N–H and O–H groups in total. The van der Waals surface area contributed by atoms with Crippen molar-refractivity contribution in [2.75, 3.05) is 7.11 Å². The van der Waals surface area contributed by atoms with Crippen molar-refractivity contribution in [3.63, 3.8) is 0 Å². The summed E-state index contributed by atoms with van der Waals surface area (Å²) in [5.74, 6) is 0.687. The molecule has 1 fully saturated rings. The molecule has 2 heteroatoms. The normalized spacial score (nSPS) is 24.2. The first-order valence-electron chi connectivity index (χ1n) is 8.63. The number of hydrogen-bond donors (Lipinski definition) is 1. The Morgan fingerprint density at radius 2 is 1.76 bits per heavy atom. The molecule has 0 saturated heterocycles. The zero-order valence-electron chi connectivity index (χ0n) is 13.8. The van der Waals surface area contributed by atoms with Gasteiger partial charge in [-0.3, -0.25) is 0 Å². The monoisotopic (exact) mass is 289 g/mol. The van der Waals surface area contributed by atoms with Gasteiger partial charge in [0, 0.05) is 19.2 Å². The Morgan fingerprint density at radius 1 is 1.10 bits per heavy atom. The molecule has 1 aliphatic rings. The van der Waals surface area contributed by atoms with Crippen molar-refractivity contribution in [2.45, 2.75) is 70.6 Å². The Labute approximate surface area is 130 Å². The number of hydrogen-bond acceptors (Lipinski definition) is 2. The van der Waals surface area contributed by atoms with Crippen molar-refractivity contribution < 1.29 is 4.74 Å². The summed E-state index contributed by atoms with van der Waals surface area (Å²) in [5.41, 5.74) is 1.42. The Morgan fingerprint density at radius 3 is 2.38 bits per heavy atom. The maximum absolute atomic E-state index is 5.73. The third kappa shape index (κ3) is 4.31. The average Bonchev–Trinajstić information content (AvgIpc) is 2.56. The van der Waals surface area contributed by atoms with Gasteiger partial charge < -0.3 is 10.1 Å². The second kappa shape index (κ2) is 8.55. The Hall–Kier alpha value is -0.860. The van der Waals surface area contributed by atoms with Gasteiger partial charge in [-0.1, -0.05) is 69.9 Å². The third-order valence-corrected chi connectivity index (χ3v) is 5.08. The van der Waals surface area contributed by atoms with Crippen molar-refractivity contribution in [3.8, 4) is 0 Å². The molecule has 3 unspecified atom stereocenters. The van der Waals surface area contributed by atoms with Crippen LogP contribution in [0.1, 0.15) is 64.0 Å². The molecule has 3 atom stereocenters. The van der Waals surface area contributed by atoms with Crippen LogP contribution in [0.15, 0.2) is 30.3 Å². The maximum atomic E-state index is 5.73. The fourth-order valence-corrected chi connectivity index (χ4v) is 3.73. The van der Waals surface area contributed by atoms with Crippen LogP contribution in [-0.4, -0.2) is 19.3 Å². The molecule has 2 rings (SSSR count).